The first-order valence-electron chi connectivity index (χ1n) is 7.56. The lowest BCUT2D eigenvalue weighted by atomic mass is 9.93. The van der Waals surface area contributed by atoms with Crippen molar-refractivity contribution in [1.82, 2.24) is 10.2 Å². The first-order chi connectivity index (χ1) is 10.2. The van der Waals surface area contributed by atoms with Crippen LogP contribution in [0.2, 0.25) is 4.34 Å². The molecule has 0 radical (unpaired) electrons. The molecule has 0 aromatic carbocycles. The Labute approximate surface area is 135 Å². The Morgan fingerprint density at radius 1 is 1.52 bits per heavy atom. The van der Waals surface area contributed by atoms with Crippen molar-refractivity contribution in [2.45, 2.75) is 31.8 Å². The van der Waals surface area contributed by atoms with E-state index in [9.17, 15) is 4.79 Å². The Morgan fingerprint density at radius 2 is 2.38 bits per heavy atom. The van der Waals surface area contributed by atoms with E-state index in [0.717, 1.165) is 15.8 Å². The lowest BCUT2D eigenvalue weighted by Gasteiger charge is -2.26. The summed E-state index contributed by atoms with van der Waals surface area (Å²) < 4.78 is 0.769. The van der Waals surface area contributed by atoms with Gasteiger partial charge in [0.15, 0.2) is 0 Å². The summed E-state index contributed by atoms with van der Waals surface area (Å²) in [5.74, 6) is 1.44. The first-order valence-corrected chi connectivity index (χ1v) is 8.75. The molecule has 3 atom stereocenters. The largest absolute Gasteiger partial charge is 0.332 e. The summed E-state index contributed by atoms with van der Waals surface area (Å²) in [5.41, 5.74) is 0. The molecule has 3 rings (SSSR count). The topological polar surface area (TPSA) is 32.3 Å². The van der Waals surface area contributed by atoms with Crippen LogP contribution in [0.1, 0.15) is 24.1 Å². The predicted octanol–water partition coefficient (Wildman–Crippen LogP) is 3.30. The van der Waals surface area contributed by atoms with E-state index in [0.29, 0.717) is 24.9 Å². The van der Waals surface area contributed by atoms with Gasteiger partial charge in [0.05, 0.1) is 16.9 Å². The van der Waals surface area contributed by atoms with Gasteiger partial charge in [-0.05, 0) is 43.4 Å². The quantitative estimate of drug-likeness (QED) is 0.843. The molecule has 5 heteroatoms. The maximum atomic E-state index is 12.9. The van der Waals surface area contributed by atoms with Crippen molar-refractivity contribution in [3.05, 3.63) is 34.0 Å². The molecule has 2 heterocycles. The summed E-state index contributed by atoms with van der Waals surface area (Å²) in [7, 11) is 0. The highest BCUT2D eigenvalue weighted by Gasteiger charge is 2.43. The van der Waals surface area contributed by atoms with Crippen LogP contribution in [-0.2, 0) is 11.3 Å². The number of nitrogens with zero attached hydrogens (tertiary/aromatic N) is 1. The molecule has 1 aliphatic carbocycles. The van der Waals surface area contributed by atoms with Crippen molar-refractivity contribution in [1.29, 1.82) is 0 Å². The Kier molecular flexibility index (Phi) is 4.67. The molecule has 1 aromatic heterocycles. The van der Waals surface area contributed by atoms with Gasteiger partial charge in [-0.2, -0.15) is 0 Å². The summed E-state index contributed by atoms with van der Waals surface area (Å²) in [6, 6.07) is 3.88. The Balaban J connectivity index is 1.70. The van der Waals surface area contributed by atoms with Crippen LogP contribution in [0.3, 0.4) is 0 Å². The summed E-state index contributed by atoms with van der Waals surface area (Å²) in [6.45, 7) is 5.99. The molecule has 0 bridgehead atoms. The monoisotopic (exact) mass is 324 g/mol. The van der Waals surface area contributed by atoms with Gasteiger partial charge in [-0.15, -0.1) is 17.9 Å². The van der Waals surface area contributed by atoms with Crippen LogP contribution in [0.25, 0.3) is 0 Å². The highest BCUT2D eigenvalue weighted by molar-refractivity contribution is 7.16. The summed E-state index contributed by atoms with van der Waals surface area (Å²) >= 11 is 7.52. The van der Waals surface area contributed by atoms with Crippen molar-refractivity contribution < 1.29 is 4.79 Å². The number of amides is 1. The van der Waals surface area contributed by atoms with E-state index < -0.39 is 0 Å². The number of hydrogen-bond acceptors (Lipinski definition) is 3. The second-order valence-corrected chi connectivity index (χ2v) is 7.75. The third kappa shape index (κ3) is 3.17. The molecular formula is C16H21ClN2OS. The molecule has 1 N–H and O–H groups in total. The molecule has 2 aliphatic rings. The van der Waals surface area contributed by atoms with Gasteiger partial charge in [-0.3, -0.25) is 4.79 Å². The molecule has 1 aromatic rings. The van der Waals surface area contributed by atoms with E-state index in [4.69, 9.17) is 11.6 Å². The predicted molar refractivity (Wildman–Crippen MR) is 87.6 cm³/mol. The zero-order valence-corrected chi connectivity index (χ0v) is 13.6. The number of nitrogens with one attached hydrogen (secondary N) is 1. The van der Waals surface area contributed by atoms with E-state index in [1.54, 1.807) is 6.08 Å². The summed E-state index contributed by atoms with van der Waals surface area (Å²) in [6.07, 6.45) is 5.52. The van der Waals surface area contributed by atoms with Crippen LogP contribution in [0.4, 0.5) is 0 Å². The summed E-state index contributed by atoms with van der Waals surface area (Å²) in [5, 5.41) is 3.44. The fraction of sp³-hybridized carbons (Fsp3) is 0.562. The fourth-order valence-corrected chi connectivity index (χ4v) is 4.77. The number of rotatable bonds is 5. The highest BCUT2D eigenvalue weighted by Crippen LogP contribution is 2.38. The van der Waals surface area contributed by atoms with Crippen LogP contribution in [0.15, 0.2) is 24.8 Å². The number of thiophene rings is 1. The molecule has 1 saturated heterocycles. The number of hydrogen-bond donors (Lipinski definition) is 1. The van der Waals surface area contributed by atoms with Crippen LogP contribution in [0.5, 0.6) is 0 Å². The Bertz CT molecular complexity index is 530. The van der Waals surface area contributed by atoms with E-state index in [1.165, 1.54) is 30.6 Å². The standard InChI is InChI=1S/C16H21ClN2OS/c1-2-8-19(10-12-6-7-14(17)21-12)16(20)15-13-5-3-4-11(13)9-18-15/h2,6-7,11,13,15,18H,1,3-5,8-10H2. The average Bonchev–Trinajstić information content (AvgIpc) is 3.14. The molecule has 2 fully saturated rings. The van der Waals surface area contributed by atoms with Crippen molar-refractivity contribution in [2.24, 2.45) is 11.8 Å². The van der Waals surface area contributed by atoms with Gasteiger partial charge in [0.1, 0.15) is 0 Å². The lowest BCUT2D eigenvalue weighted by Crippen LogP contribution is -2.46. The minimum Gasteiger partial charge on any atom is -0.332 e. The molecule has 1 aliphatic heterocycles. The molecule has 1 saturated carbocycles. The fourth-order valence-electron chi connectivity index (χ4n) is 3.67. The van der Waals surface area contributed by atoms with E-state index in [-0.39, 0.29) is 11.9 Å². The Hall–Kier alpha value is -0.840. The molecule has 114 valence electrons. The van der Waals surface area contributed by atoms with Gasteiger partial charge in [-0.25, -0.2) is 0 Å². The third-order valence-electron chi connectivity index (χ3n) is 4.65. The van der Waals surface area contributed by atoms with E-state index >= 15 is 0 Å². The van der Waals surface area contributed by atoms with Gasteiger partial charge >= 0.3 is 0 Å². The molecule has 3 nitrogen and oxygen atoms in total. The van der Waals surface area contributed by atoms with Crippen LogP contribution in [-0.4, -0.2) is 29.9 Å². The minimum absolute atomic E-state index is 0.00659. The molecule has 21 heavy (non-hydrogen) atoms. The van der Waals surface area contributed by atoms with E-state index in [1.807, 2.05) is 17.0 Å². The summed E-state index contributed by atoms with van der Waals surface area (Å²) in [4.78, 5) is 15.9. The van der Waals surface area contributed by atoms with Crippen molar-refractivity contribution in [3.8, 4) is 0 Å². The van der Waals surface area contributed by atoms with Gasteiger partial charge in [-0.1, -0.05) is 24.1 Å². The zero-order valence-electron chi connectivity index (χ0n) is 12.1. The molecule has 1 amide bonds. The number of carbonyl (C=O) groups is 1. The number of halogens is 1. The smallest absolute Gasteiger partial charge is 0.240 e. The molecular weight excluding hydrogens is 304 g/mol. The second-order valence-electron chi connectivity index (χ2n) is 5.95. The average molecular weight is 325 g/mol. The normalized spacial score (nSPS) is 27.6. The first kappa shape index (κ1) is 15.1. The van der Waals surface area contributed by atoms with Crippen molar-refractivity contribution in [2.75, 3.05) is 13.1 Å². The number of carbonyl (C=O) groups excluding carboxylic acids is 1. The maximum absolute atomic E-state index is 12.9. The van der Waals surface area contributed by atoms with Crippen LogP contribution >= 0.6 is 22.9 Å². The van der Waals surface area contributed by atoms with Crippen LogP contribution in [0, 0.1) is 11.8 Å². The minimum atomic E-state index is -0.00659. The van der Waals surface area contributed by atoms with E-state index in [2.05, 4.69) is 11.9 Å². The second kappa shape index (κ2) is 6.51. The lowest BCUT2D eigenvalue weighted by molar-refractivity contribution is -0.134. The maximum Gasteiger partial charge on any atom is 0.240 e. The van der Waals surface area contributed by atoms with Gasteiger partial charge in [0.2, 0.25) is 5.91 Å². The van der Waals surface area contributed by atoms with Gasteiger partial charge in [0.25, 0.3) is 0 Å². The molecule has 0 spiro atoms. The molecule has 3 unspecified atom stereocenters. The highest BCUT2D eigenvalue weighted by atomic mass is 35.5. The van der Waals surface area contributed by atoms with Crippen molar-refractivity contribution in [3.63, 3.8) is 0 Å². The SMILES string of the molecule is C=CCN(Cc1ccc(Cl)s1)C(=O)C1NCC2CCCC21. The van der Waals surface area contributed by atoms with Crippen molar-refractivity contribution >= 4 is 28.8 Å². The van der Waals surface area contributed by atoms with Crippen LogP contribution < -0.4 is 5.32 Å². The zero-order chi connectivity index (χ0) is 14.8. The van der Waals surface area contributed by atoms with Gasteiger partial charge < -0.3 is 10.2 Å². The Morgan fingerprint density at radius 3 is 3.10 bits per heavy atom. The number of fused-ring (bicyclic) bond motifs is 1. The van der Waals surface area contributed by atoms with Gasteiger partial charge in [0, 0.05) is 11.4 Å². The third-order valence-corrected chi connectivity index (χ3v) is 5.86.